The van der Waals surface area contributed by atoms with Gasteiger partial charge in [-0.2, -0.15) is 5.26 Å². The van der Waals surface area contributed by atoms with Crippen molar-refractivity contribution in [3.63, 3.8) is 0 Å². The molecular weight excluding hydrogens is 300 g/mol. The second-order valence-corrected chi connectivity index (χ2v) is 5.85. The fraction of sp³-hybridized carbons (Fsp3) is 0.278. The van der Waals surface area contributed by atoms with Crippen LogP contribution in [0.25, 0.3) is 5.57 Å². The van der Waals surface area contributed by atoms with Crippen molar-refractivity contribution in [1.29, 1.82) is 5.26 Å². The van der Waals surface area contributed by atoms with Gasteiger partial charge in [0, 0.05) is 55.5 Å². The van der Waals surface area contributed by atoms with E-state index in [1.807, 2.05) is 18.2 Å². The molecule has 0 radical (unpaired) electrons. The quantitative estimate of drug-likeness (QED) is 0.873. The van der Waals surface area contributed by atoms with Crippen LogP contribution in [-0.4, -0.2) is 48.1 Å². The van der Waals surface area contributed by atoms with Gasteiger partial charge < -0.3 is 15.1 Å². The highest BCUT2D eigenvalue weighted by atomic mass is 15.2. The molecule has 2 aromatic rings. The molecule has 0 amide bonds. The van der Waals surface area contributed by atoms with E-state index in [1.165, 1.54) is 5.69 Å². The van der Waals surface area contributed by atoms with Crippen LogP contribution in [0, 0.1) is 11.3 Å². The minimum atomic E-state index is 0.359. The third kappa shape index (κ3) is 3.70. The van der Waals surface area contributed by atoms with Crippen molar-refractivity contribution in [3.8, 4) is 6.07 Å². The van der Waals surface area contributed by atoms with Gasteiger partial charge in [-0.05, 0) is 31.3 Å². The van der Waals surface area contributed by atoms with E-state index in [0.717, 1.165) is 31.9 Å². The highest BCUT2D eigenvalue weighted by Crippen LogP contribution is 2.21. The number of nitrogens with zero attached hydrogens (tertiary/aromatic N) is 5. The highest BCUT2D eigenvalue weighted by molar-refractivity contribution is 5.74. The number of benzene rings is 1. The molecule has 1 aromatic carbocycles. The molecular formula is C18H20N6. The van der Waals surface area contributed by atoms with E-state index < -0.39 is 0 Å². The minimum absolute atomic E-state index is 0.359. The van der Waals surface area contributed by atoms with E-state index in [0.29, 0.717) is 17.1 Å². The molecule has 2 heterocycles. The van der Waals surface area contributed by atoms with Gasteiger partial charge in [-0.25, -0.2) is 9.97 Å². The highest BCUT2D eigenvalue weighted by Gasteiger charge is 2.13. The summed E-state index contributed by atoms with van der Waals surface area (Å²) in [7, 11) is 2.15. The zero-order valence-electron chi connectivity index (χ0n) is 13.7. The molecule has 0 unspecified atom stereocenters. The Bertz CT molecular complexity index is 737. The van der Waals surface area contributed by atoms with Crippen molar-refractivity contribution in [3.05, 3.63) is 48.8 Å². The van der Waals surface area contributed by atoms with Crippen LogP contribution in [-0.2, 0) is 0 Å². The first-order valence-electron chi connectivity index (χ1n) is 7.88. The molecule has 1 saturated heterocycles. The maximum atomic E-state index is 8.81. The van der Waals surface area contributed by atoms with Crippen molar-refractivity contribution in [2.45, 2.75) is 0 Å². The number of aromatic nitrogens is 2. The lowest BCUT2D eigenvalue weighted by Gasteiger charge is -2.34. The molecule has 0 aliphatic carbocycles. The van der Waals surface area contributed by atoms with E-state index in [9.17, 15) is 0 Å². The van der Waals surface area contributed by atoms with Gasteiger partial charge in [-0.1, -0.05) is 6.58 Å². The number of hydrogen-bond acceptors (Lipinski definition) is 6. The SMILES string of the molecule is C=C(C#N)c1cnc(Nc2ccc(N3CCN(C)CC3)cc2)nc1. The number of anilines is 3. The van der Waals surface area contributed by atoms with E-state index in [2.05, 4.69) is 50.8 Å². The minimum Gasteiger partial charge on any atom is -0.369 e. The van der Waals surface area contributed by atoms with E-state index >= 15 is 0 Å². The third-order valence-electron chi connectivity index (χ3n) is 4.13. The summed E-state index contributed by atoms with van der Waals surface area (Å²) in [5.41, 5.74) is 3.15. The molecule has 24 heavy (non-hydrogen) atoms. The van der Waals surface area contributed by atoms with Gasteiger partial charge in [0.15, 0.2) is 0 Å². The molecule has 0 spiro atoms. The second-order valence-electron chi connectivity index (χ2n) is 5.85. The molecule has 1 N–H and O–H groups in total. The molecule has 0 saturated carbocycles. The first-order valence-corrected chi connectivity index (χ1v) is 7.88. The van der Waals surface area contributed by atoms with Crippen LogP contribution in [0.2, 0.25) is 0 Å². The summed E-state index contributed by atoms with van der Waals surface area (Å²) >= 11 is 0. The van der Waals surface area contributed by atoms with Gasteiger partial charge in [-0.3, -0.25) is 0 Å². The molecule has 122 valence electrons. The molecule has 6 nitrogen and oxygen atoms in total. The Balaban J connectivity index is 1.64. The van der Waals surface area contributed by atoms with Crippen molar-refractivity contribution < 1.29 is 0 Å². The Morgan fingerprint density at radius 1 is 1.12 bits per heavy atom. The van der Waals surface area contributed by atoms with Crippen molar-refractivity contribution in [2.75, 3.05) is 43.4 Å². The second kappa shape index (κ2) is 7.11. The Morgan fingerprint density at radius 3 is 2.33 bits per heavy atom. The van der Waals surface area contributed by atoms with Crippen LogP contribution in [0.3, 0.4) is 0 Å². The van der Waals surface area contributed by atoms with Gasteiger partial charge in [0.2, 0.25) is 5.95 Å². The van der Waals surface area contributed by atoms with E-state index in [1.54, 1.807) is 12.4 Å². The molecule has 1 fully saturated rings. The predicted molar refractivity (Wildman–Crippen MR) is 96.1 cm³/mol. The van der Waals surface area contributed by atoms with E-state index in [-0.39, 0.29) is 0 Å². The lowest BCUT2D eigenvalue weighted by atomic mass is 10.2. The standard InChI is InChI=1S/C18H20N6/c1-14(11-19)15-12-20-18(21-13-15)22-16-3-5-17(6-4-16)24-9-7-23(2)8-10-24/h3-6,12-13H,1,7-10H2,2H3,(H,20,21,22). The van der Waals surface area contributed by atoms with Gasteiger partial charge in [0.05, 0.1) is 11.6 Å². The topological polar surface area (TPSA) is 68.1 Å². The van der Waals surface area contributed by atoms with E-state index in [4.69, 9.17) is 5.26 Å². The van der Waals surface area contributed by atoms with Crippen molar-refractivity contribution in [2.24, 2.45) is 0 Å². The Kier molecular flexibility index (Phi) is 4.73. The van der Waals surface area contributed by atoms with Crippen LogP contribution in [0.4, 0.5) is 17.3 Å². The average molecular weight is 320 g/mol. The molecule has 1 aliphatic heterocycles. The Labute approximate surface area is 142 Å². The molecule has 0 atom stereocenters. The zero-order chi connectivity index (χ0) is 16.9. The fourth-order valence-corrected chi connectivity index (χ4v) is 2.56. The zero-order valence-corrected chi connectivity index (χ0v) is 13.7. The summed E-state index contributed by atoms with van der Waals surface area (Å²) in [5, 5.41) is 12.0. The summed E-state index contributed by atoms with van der Waals surface area (Å²) in [4.78, 5) is 13.2. The maximum Gasteiger partial charge on any atom is 0.227 e. The first kappa shape index (κ1) is 16.0. The molecule has 6 heteroatoms. The number of hydrogen-bond donors (Lipinski definition) is 1. The Hall–Kier alpha value is -2.91. The number of rotatable bonds is 4. The summed E-state index contributed by atoms with van der Waals surface area (Å²) < 4.78 is 0. The smallest absolute Gasteiger partial charge is 0.227 e. The lowest BCUT2D eigenvalue weighted by Crippen LogP contribution is -2.44. The predicted octanol–water partition coefficient (Wildman–Crippen LogP) is 2.51. The third-order valence-corrected chi connectivity index (χ3v) is 4.13. The number of nitrogens with one attached hydrogen (secondary N) is 1. The number of likely N-dealkylation sites (N-methyl/N-ethyl adjacent to an activating group) is 1. The lowest BCUT2D eigenvalue weighted by molar-refractivity contribution is 0.313. The number of nitriles is 1. The molecule has 1 aliphatic rings. The first-order chi connectivity index (χ1) is 11.7. The van der Waals surface area contributed by atoms with Crippen LogP contribution in [0.5, 0.6) is 0 Å². The van der Waals surface area contributed by atoms with Crippen LogP contribution >= 0.6 is 0 Å². The number of piperazine rings is 1. The Morgan fingerprint density at radius 2 is 1.75 bits per heavy atom. The monoisotopic (exact) mass is 320 g/mol. The van der Waals surface area contributed by atoms with Gasteiger partial charge in [0.1, 0.15) is 0 Å². The van der Waals surface area contributed by atoms with Crippen LogP contribution < -0.4 is 10.2 Å². The van der Waals surface area contributed by atoms with Crippen molar-refractivity contribution >= 4 is 22.9 Å². The molecule has 0 bridgehead atoms. The summed E-state index contributed by atoms with van der Waals surface area (Å²) in [6, 6.07) is 10.3. The number of allylic oxidation sites excluding steroid dienone is 1. The van der Waals surface area contributed by atoms with Crippen LogP contribution in [0.15, 0.2) is 43.2 Å². The largest absolute Gasteiger partial charge is 0.369 e. The molecule has 1 aromatic heterocycles. The van der Waals surface area contributed by atoms with Crippen molar-refractivity contribution in [1.82, 2.24) is 14.9 Å². The maximum absolute atomic E-state index is 8.81. The summed E-state index contributed by atoms with van der Waals surface area (Å²) in [5.74, 6) is 0.497. The van der Waals surface area contributed by atoms with Gasteiger partial charge in [0.25, 0.3) is 0 Å². The van der Waals surface area contributed by atoms with Gasteiger partial charge in [-0.15, -0.1) is 0 Å². The average Bonchev–Trinajstić information content (AvgIpc) is 2.63. The summed E-state index contributed by atoms with van der Waals surface area (Å²) in [6.07, 6.45) is 3.19. The van der Waals surface area contributed by atoms with Gasteiger partial charge >= 0.3 is 0 Å². The normalized spacial score (nSPS) is 14.9. The molecule has 3 rings (SSSR count). The fourth-order valence-electron chi connectivity index (χ4n) is 2.56. The summed E-state index contributed by atoms with van der Waals surface area (Å²) in [6.45, 7) is 7.93. The van der Waals surface area contributed by atoms with Crippen LogP contribution in [0.1, 0.15) is 5.56 Å².